The quantitative estimate of drug-likeness (QED) is 0.781. The number of carbonyl (C=O) groups excluding carboxylic acids is 2. The molecular formula is C12H13FN2O4S. The molecule has 2 rings (SSSR count). The molecule has 6 nitrogen and oxygen atoms in total. The standard InChI is InChI=1S/C12H13FN2O4S/c1-7-2-3-8(13)6-10(7)20(18,19)15-9-4-5-11(16)14-12(9)17/h2-3,6,9,15H,4-5H2,1H3,(H,14,16,17). The molecule has 20 heavy (non-hydrogen) atoms. The van der Waals surface area contributed by atoms with Crippen LogP contribution in [0.25, 0.3) is 0 Å². The van der Waals surface area contributed by atoms with Crippen LogP contribution >= 0.6 is 0 Å². The first-order chi connectivity index (χ1) is 9.29. The Morgan fingerprint density at radius 3 is 2.70 bits per heavy atom. The van der Waals surface area contributed by atoms with Gasteiger partial charge in [0.15, 0.2) is 0 Å². The van der Waals surface area contributed by atoms with E-state index in [-0.39, 0.29) is 17.7 Å². The van der Waals surface area contributed by atoms with Crippen LogP contribution in [0.1, 0.15) is 18.4 Å². The second-order valence-electron chi connectivity index (χ2n) is 4.53. The highest BCUT2D eigenvalue weighted by atomic mass is 32.2. The normalized spacial score (nSPS) is 19.8. The molecule has 1 atom stereocenters. The maximum atomic E-state index is 13.2. The van der Waals surface area contributed by atoms with Gasteiger partial charge in [0.05, 0.1) is 4.90 Å². The molecular weight excluding hydrogens is 287 g/mol. The van der Waals surface area contributed by atoms with Crippen LogP contribution in [0.4, 0.5) is 4.39 Å². The summed E-state index contributed by atoms with van der Waals surface area (Å²) in [6, 6.07) is 2.36. The van der Waals surface area contributed by atoms with Crippen molar-refractivity contribution in [3.8, 4) is 0 Å². The summed E-state index contributed by atoms with van der Waals surface area (Å²) >= 11 is 0. The van der Waals surface area contributed by atoms with Gasteiger partial charge in [-0.3, -0.25) is 14.9 Å². The van der Waals surface area contributed by atoms with Crippen LogP contribution in [0.2, 0.25) is 0 Å². The number of amides is 2. The Bertz CT molecular complexity index is 672. The van der Waals surface area contributed by atoms with E-state index in [4.69, 9.17) is 0 Å². The highest BCUT2D eigenvalue weighted by molar-refractivity contribution is 7.89. The number of carbonyl (C=O) groups is 2. The van der Waals surface area contributed by atoms with Crippen molar-refractivity contribution >= 4 is 21.8 Å². The van der Waals surface area contributed by atoms with Crippen molar-refractivity contribution in [2.24, 2.45) is 0 Å². The van der Waals surface area contributed by atoms with E-state index < -0.39 is 33.7 Å². The van der Waals surface area contributed by atoms with Crippen LogP contribution in [0, 0.1) is 12.7 Å². The number of rotatable bonds is 3. The van der Waals surface area contributed by atoms with Crippen LogP contribution < -0.4 is 10.0 Å². The Morgan fingerprint density at radius 1 is 1.35 bits per heavy atom. The first kappa shape index (κ1) is 14.6. The summed E-state index contributed by atoms with van der Waals surface area (Å²) in [4.78, 5) is 22.3. The highest BCUT2D eigenvalue weighted by Crippen LogP contribution is 2.18. The first-order valence-electron chi connectivity index (χ1n) is 5.92. The fourth-order valence-electron chi connectivity index (χ4n) is 1.92. The molecule has 1 aromatic rings. The van der Waals surface area contributed by atoms with Crippen LogP contribution in [-0.4, -0.2) is 26.3 Å². The molecule has 2 N–H and O–H groups in total. The number of aryl methyl sites for hydroxylation is 1. The monoisotopic (exact) mass is 300 g/mol. The zero-order valence-corrected chi connectivity index (χ0v) is 11.5. The lowest BCUT2D eigenvalue weighted by Crippen LogP contribution is -2.52. The van der Waals surface area contributed by atoms with Crippen molar-refractivity contribution in [2.45, 2.75) is 30.7 Å². The predicted molar refractivity (Wildman–Crippen MR) is 67.6 cm³/mol. The van der Waals surface area contributed by atoms with E-state index in [1.54, 1.807) is 0 Å². The molecule has 0 aromatic heterocycles. The average molecular weight is 300 g/mol. The topological polar surface area (TPSA) is 92.3 Å². The zero-order chi connectivity index (χ0) is 14.9. The molecule has 8 heteroatoms. The van der Waals surface area contributed by atoms with Crippen molar-refractivity contribution in [3.05, 3.63) is 29.6 Å². The Labute approximate surface area is 115 Å². The number of benzene rings is 1. The van der Waals surface area contributed by atoms with Gasteiger partial charge in [-0.15, -0.1) is 0 Å². The van der Waals surface area contributed by atoms with Gasteiger partial charge in [0, 0.05) is 6.42 Å². The largest absolute Gasteiger partial charge is 0.295 e. The van der Waals surface area contributed by atoms with Gasteiger partial charge in [-0.1, -0.05) is 6.07 Å². The van der Waals surface area contributed by atoms with Crippen molar-refractivity contribution in [2.75, 3.05) is 0 Å². The van der Waals surface area contributed by atoms with Crippen molar-refractivity contribution in [3.63, 3.8) is 0 Å². The van der Waals surface area contributed by atoms with E-state index in [0.717, 1.165) is 12.1 Å². The molecule has 1 aliphatic rings. The van der Waals surface area contributed by atoms with Crippen LogP contribution in [0.3, 0.4) is 0 Å². The number of hydrogen-bond acceptors (Lipinski definition) is 4. The van der Waals surface area contributed by atoms with Gasteiger partial charge in [0.2, 0.25) is 21.8 Å². The minimum atomic E-state index is -4.03. The number of hydrogen-bond donors (Lipinski definition) is 2. The number of piperidine rings is 1. The van der Waals surface area contributed by atoms with E-state index in [9.17, 15) is 22.4 Å². The molecule has 0 radical (unpaired) electrons. The van der Waals surface area contributed by atoms with Gasteiger partial charge in [0.1, 0.15) is 11.9 Å². The highest BCUT2D eigenvalue weighted by Gasteiger charge is 2.31. The molecule has 1 unspecified atom stereocenters. The van der Waals surface area contributed by atoms with Gasteiger partial charge < -0.3 is 0 Å². The van der Waals surface area contributed by atoms with Crippen molar-refractivity contribution in [1.29, 1.82) is 0 Å². The summed E-state index contributed by atoms with van der Waals surface area (Å²) in [6.07, 6.45) is 0.138. The third-order valence-corrected chi connectivity index (χ3v) is 4.59. The van der Waals surface area contributed by atoms with Crippen LogP contribution in [0.15, 0.2) is 23.1 Å². The van der Waals surface area contributed by atoms with Gasteiger partial charge in [-0.25, -0.2) is 12.8 Å². The minimum absolute atomic E-state index is 0.0566. The molecule has 1 aliphatic heterocycles. The maximum absolute atomic E-state index is 13.2. The summed E-state index contributed by atoms with van der Waals surface area (Å²) in [5.41, 5.74) is 0.367. The molecule has 0 saturated carbocycles. The van der Waals surface area contributed by atoms with Crippen LogP contribution in [0.5, 0.6) is 0 Å². The third kappa shape index (κ3) is 3.02. The summed E-state index contributed by atoms with van der Waals surface area (Å²) in [6.45, 7) is 1.53. The summed E-state index contributed by atoms with van der Waals surface area (Å²) in [5, 5.41) is 2.05. The van der Waals surface area contributed by atoms with E-state index in [2.05, 4.69) is 10.0 Å². The average Bonchev–Trinajstić information content (AvgIpc) is 2.35. The number of nitrogens with one attached hydrogen (secondary N) is 2. The summed E-state index contributed by atoms with van der Waals surface area (Å²) < 4.78 is 39.7. The van der Waals surface area contributed by atoms with Crippen molar-refractivity contribution in [1.82, 2.24) is 10.0 Å². The molecule has 0 aliphatic carbocycles. The summed E-state index contributed by atoms with van der Waals surface area (Å²) in [5.74, 6) is -1.81. The predicted octanol–water partition coefficient (Wildman–Crippen LogP) is 0.218. The van der Waals surface area contributed by atoms with Gasteiger partial charge in [0.25, 0.3) is 0 Å². The van der Waals surface area contributed by atoms with E-state index in [0.29, 0.717) is 5.56 Å². The second kappa shape index (κ2) is 5.29. The molecule has 0 spiro atoms. The minimum Gasteiger partial charge on any atom is -0.295 e. The fourth-order valence-corrected chi connectivity index (χ4v) is 3.41. The third-order valence-electron chi connectivity index (χ3n) is 2.98. The number of sulfonamides is 1. The maximum Gasteiger partial charge on any atom is 0.244 e. The van der Waals surface area contributed by atoms with E-state index >= 15 is 0 Å². The molecule has 1 heterocycles. The molecule has 1 saturated heterocycles. The first-order valence-corrected chi connectivity index (χ1v) is 7.40. The van der Waals surface area contributed by atoms with Gasteiger partial charge in [-0.05, 0) is 31.0 Å². The van der Waals surface area contributed by atoms with E-state index in [1.165, 1.54) is 13.0 Å². The lowest BCUT2D eigenvalue weighted by molar-refractivity contribution is -0.134. The molecule has 1 fully saturated rings. The Hall–Kier alpha value is -1.80. The fraction of sp³-hybridized carbons (Fsp3) is 0.333. The number of halogens is 1. The lowest BCUT2D eigenvalue weighted by atomic mass is 10.1. The molecule has 2 amide bonds. The molecule has 0 bridgehead atoms. The van der Waals surface area contributed by atoms with Crippen molar-refractivity contribution < 1.29 is 22.4 Å². The SMILES string of the molecule is Cc1ccc(F)cc1S(=O)(=O)NC1CCC(=O)NC1=O. The Morgan fingerprint density at radius 2 is 2.05 bits per heavy atom. The zero-order valence-electron chi connectivity index (χ0n) is 10.6. The molecule has 1 aromatic carbocycles. The lowest BCUT2D eigenvalue weighted by Gasteiger charge is -2.22. The number of imide groups is 1. The summed E-state index contributed by atoms with van der Waals surface area (Å²) in [7, 11) is -4.03. The Balaban J connectivity index is 2.25. The molecule has 108 valence electrons. The smallest absolute Gasteiger partial charge is 0.244 e. The van der Waals surface area contributed by atoms with E-state index in [1.807, 2.05) is 0 Å². The van der Waals surface area contributed by atoms with Gasteiger partial charge in [-0.2, -0.15) is 4.72 Å². The Kier molecular flexibility index (Phi) is 3.87. The van der Waals surface area contributed by atoms with Crippen LogP contribution in [-0.2, 0) is 19.6 Å². The second-order valence-corrected chi connectivity index (χ2v) is 6.22. The van der Waals surface area contributed by atoms with Gasteiger partial charge >= 0.3 is 0 Å².